The van der Waals surface area contributed by atoms with Gasteiger partial charge in [0.2, 0.25) is 5.91 Å². The fourth-order valence-corrected chi connectivity index (χ4v) is 2.29. The van der Waals surface area contributed by atoms with Crippen LogP contribution >= 0.6 is 0 Å². The van der Waals surface area contributed by atoms with Gasteiger partial charge < -0.3 is 20.6 Å². The van der Waals surface area contributed by atoms with Crippen LogP contribution in [-0.2, 0) is 9.59 Å². The van der Waals surface area contributed by atoms with Crippen molar-refractivity contribution in [2.75, 3.05) is 19.6 Å². The first kappa shape index (κ1) is 17.3. The molecular formula is C14H25N3O4. The summed E-state index contributed by atoms with van der Waals surface area (Å²) < 4.78 is 0. The van der Waals surface area contributed by atoms with E-state index in [2.05, 4.69) is 10.6 Å². The highest BCUT2D eigenvalue weighted by Crippen LogP contribution is 2.17. The Labute approximate surface area is 125 Å². The van der Waals surface area contributed by atoms with E-state index < -0.39 is 11.5 Å². The normalized spacial score (nSPS) is 18.8. The number of rotatable bonds is 6. The van der Waals surface area contributed by atoms with Gasteiger partial charge in [0.05, 0.1) is 0 Å². The Bertz CT molecular complexity index is 409. The van der Waals surface area contributed by atoms with Gasteiger partial charge in [0.15, 0.2) is 0 Å². The lowest BCUT2D eigenvalue weighted by Crippen LogP contribution is -2.65. The lowest BCUT2D eigenvalue weighted by atomic mass is 9.99. The quantitative estimate of drug-likeness (QED) is 0.675. The summed E-state index contributed by atoms with van der Waals surface area (Å²) >= 11 is 0. The lowest BCUT2D eigenvalue weighted by molar-refractivity contribution is -0.137. The molecule has 1 unspecified atom stereocenters. The van der Waals surface area contributed by atoms with Crippen molar-refractivity contribution in [3.8, 4) is 0 Å². The van der Waals surface area contributed by atoms with Crippen LogP contribution in [0.1, 0.15) is 40.0 Å². The number of amides is 3. The molecule has 1 fully saturated rings. The SMILES string of the molecule is CC(CCNC(=O)N1CCNC(=O)C1(C)C)CCC(=O)O. The highest BCUT2D eigenvalue weighted by molar-refractivity contribution is 5.91. The molecule has 7 heteroatoms. The van der Waals surface area contributed by atoms with Gasteiger partial charge in [0.25, 0.3) is 0 Å². The third kappa shape index (κ3) is 4.91. The summed E-state index contributed by atoms with van der Waals surface area (Å²) in [5.41, 5.74) is -0.850. The summed E-state index contributed by atoms with van der Waals surface area (Å²) in [6.45, 7) is 6.83. The molecule has 3 amide bonds. The molecule has 21 heavy (non-hydrogen) atoms. The number of carbonyl (C=O) groups excluding carboxylic acids is 2. The molecule has 3 N–H and O–H groups in total. The smallest absolute Gasteiger partial charge is 0.318 e. The van der Waals surface area contributed by atoms with E-state index in [1.807, 2.05) is 6.92 Å². The average Bonchev–Trinajstić information content (AvgIpc) is 2.39. The Morgan fingerprint density at radius 2 is 2.10 bits per heavy atom. The minimum Gasteiger partial charge on any atom is -0.481 e. The Morgan fingerprint density at radius 3 is 2.71 bits per heavy atom. The van der Waals surface area contributed by atoms with Gasteiger partial charge in [-0.3, -0.25) is 9.59 Å². The first-order chi connectivity index (χ1) is 9.75. The summed E-state index contributed by atoms with van der Waals surface area (Å²) in [5, 5.41) is 14.2. The van der Waals surface area contributed by atoms with Gasteiger partial charge in [0, 0.05) is 26.1 Å². The Balaban J connectivity index is 2.36. The molecule has 1 heterocycles. The van der Waals surface area contributed by atoms with E-state index in [0.717, 1.165) is 6.42 Å². The number of hydrogen-bond donors (Lipinski definition) is 3. The van der Waals surface area contributed by atoms with Crippen molar-refractivity contribution in [1.82, 2.24) is 15.5 Å². The van der Waals surface area contributed by atoms with Crippen molar-refractivity contribution in [2.24, 2.45) is 5.92 Å². The molecular weight excluding hydrogens is 274 g/mol. The molecule has 0 aromatic heterocycles. The van der Waals surface area contributed by atoms with E-state index in [4.69, 9.17) is 5.11 Å². The fraction of sp³-hybridized carbons (Fsp3) is 0.786. The van der Waals surface area contributed by atoms with Gasteiger partial charge in [-0.15, -0.1) is 0 Å². The predicted octanol–water partition coefficient (Wildman–Crippen LogP) is 0.797. The van der Waals surface area contributed by atoms with Crippen molar-refractivity contribution < 1.29 is 19.5 Å². The van der Waals surface area contributed by atoms with Crippen LogP contribution in [0.25, 0.3) is 0 Å². The minimum atomic E-state index is -0.850. The Hall–Kier alpha value is -1.79. The maximum atomic E-state index is 12.1. The first-order valence-electron chi connectivity index (χ1n) is 7.30. The molecule has 0 bridgehead atoms. The third-order valence-electron chi connectivity index (χ3n) is 3.86. The molecule has 0 aromatic rings. The third-order valence-corrected chi connectivity index (χ3v) is 3.86. The number of carbonyl (C=O) groups is 3. The summed E-state index contributed by atoms with van der Waals surface area (Å²) in [5.74, 6) is -0.718. The van der Waals surface area contributed by atoms with Crippen LogP contribution in [0, 0.1) is 5.92 Å². The van der Waals surface area contributed by atoms with Gasteiger partial charge >= 0.3 is 12.0 Å². The topological polar surface area (TPSA) is 98.7 Å². The maximum Gasteiger partial charge on any atom is 0.318 e. The number of hydrogen-bond acceptors (Lipinski definition) is 3. The highest BCUT2D eigenvalue weighted by atomic mass is 16.4. The molecule has 0 aromatic carbocycles. The van der Waals surface area contributed by atoms with Crippen LogP contribution in [0.4, 0.5) is 4.79 Å². The van der Waals surface area contributed by atoms with Crippen molar-refractivity contribution in [3.05, 3.63) is 0 Å². The fourth-order valence-electron chi connectivity index (χ4n) is 2.29. The molecule has 1 saturated heterocycles. The highest BCUT2D eigenvalue weighted by Gasteiger charge is 2.40. The zero-order valence-electron chi connectivity index (χ0n) is 12.9. The Morgan fingerprint density at radius 1 is 1.43 bits per heavy atom. The van der Waals surface area contributed by atoms with Crippen LogP contribution in [0.3, 0.4) is 0 Å². The average molecular weight is 299 g/mol. The number of aliphatic carboxylic acids is 1. The molecule has 1 aliphatic rings. The second kappa shape index (κ2) is 7.28. The van der Waals surface area contributed by atoms with Crippen molar-refractivity contribution in [2.45, 2.75) is 45.6 Å². The van der Waals surface area contributed by atoms with E-state index >= 15 is 0 Å². The molecule has 120 valence electrons. The molecule has 0 saturated carbocycles. The minimum absolute atomic E-state index is 0.147. The summed E-state index contributed by atoms with van der Waals surface area (Å²) in [4.78, 5) is 35.9. The number of urea groups is 1. The monoisotopic (exact) mass is 299 g/mol. The van der Waals surface area contributed by atoms with Crippen LogP contribution < -0.4 is 10.6 Å². The molecule has 1 aliphatic heterocycles. The van der Waals surface area contributed by atoms with E-state index in [1.165, 1.54) is 4.90 Å². The zero-order valence-corrected chi connectivity index (χ0v) is 12.9. The van der Waals surface area contributed by atoms with Crippen molar-refractivity contribution in [3.63, 3.8) is 0 Å². The number of carboxylic acids is 1. The van der Waals surface area contributed by atoms with Crippen molar-refractivity contribution in [1.29, 1.82) is 0 Å². The number of nitrogens with one attached hydrogen (secondary N) is 2. The van der Waals surface area contributed by atoms with Crippen LogP contribution in [0.5, 0.6) is 0 Å². The number of carboxylic acid groups (broad SMARTS) is 1. The van der Waals surface area contributed by atoms with Gasteiger partial charge in [-0.25, -0.2) is 4.79 Å². The predicted molar refractivity (Wildman–Crippen MR) is 77.8 cm³/mol. The maximum absolute atomic E-state index is 12.1. The molecule has 7 nitrogen and oxygen atoms in total. The van der Waals surface area contributed by atoms with E-state index in [9.17, 15) is 14.4 Å². The van der Waals surface area contributed by atoms with E-state index in [0.29, 0.717) is 26.1 Å². The molecule has 0 radical (unpaired) electrons. The summed E-state index contributed by atoms with van der Waals surface area (Å²) in [6, 6.07) is -0.250. The zero-order chi connectivity index (χ0) is 16.0. The molecule has 1 atom stereocenters. The lowest BCUT2D eigenvalue weighted by Gasteiger charge is -2.41. The molecule has 0 spiro atoms. The van der Waals surface area contributed by atoms with Crippen LogP contribution in [0.15, 0.2) is 0 Å². The number of nitrogens with zero attached hydrogens (tertiary/aromatic N) is 1. The molecule has 1 rings (SSSR count). The summed E-state index contributed by atoms with van der Waals surface area (Å²) in [6.07, 6.45) is 1.47. The largest absolute Gasteiger partial charge is 0.481 e. The van der Waals surface area contributed by atoms with E-state index in [1.54, 1.807) is 13.8 Å². The second-order valence-corrected chi connectivity index (χ2v) is 6.02. The van der Waals surface area contributed by atoms with Gasteiger partial charge in [-0.2, -0.15) is 0 Å². The van der Waals surface area contributed by atoms with Gasteiger partial charge in [0.1, 0.15) is 5.54 Å². The van der Waals surface area contributed by atoms with E-state index in [-0.39, 0.29) is 24.3 Å². The van der Waals surface area contributed by atoms with Crippen LogP contribution in [0.2, 0.25) is 0 Å². The van der Waals surface area contributed by atoms with Crippen LogP contribution in [-0.4, -0.2) is 53.1 Å². The number of piperazine rings is 1. The van der Waals surface area contributed by atoms with Crippen molar-refractivity contribution >= 4 is 17.9 Å². The first-order valence-corrected chi connectivity index (χ1v) is 7.30. The second-order valence-electron chi connectivity index (χ2n) is 6.02. The molecule has 0 aliphatic carbocycles. The van der Waals surface area contributed by atoms with Gasteiger partial charge in [-0.1, -0.05) is 6.92 Å². The standard InChI is InChI=1S/C14H25N3O4/c1-10(4-5-11(18)19)6-7-16-13(21)17-9-8-15-12(20)14(17,2)3/h10H,4-9H2,1-3H3,(H,15,20)(H,16,21)(H,18,19). The Kier molecular flexibility index (Phi) is 5.99. The van der Waals surface area contributed by atoms with Gasteiger partial charge in [-0.05, 0) is 32.6 Å². The summed E-state index contributed by atoms with van der Waals surface area (Å²) in [7, 11) is 0.